The Morgan fingerprint density at radius 1 is 0.923 bits per heavy atom. The van der Waals surface area contributed by atoms with Gasteiger partial charge in [-0.3, -0.25) is 0 Å². The van der Waals surface area contributed by atoms with Crippen LogP contribution in [0.3, 0.4) is 0 Å². The molecule has 4 nitrogen and oxygen atoms in total. The van der Waals surface area contributed by atoms with Crippen molar-refractivity contribution in [3.05, 3.63) is 24.3 Å². The molecule has 0 radical (unpaired) electrons. The van der Waals surface area contributed by atoms with Crippen LogP contribution in [0.5, 0.6) is 0 Å². The van der Waals surface area contributed by atoms with E-state index < -0.39 is 11.9 Å². The zero-order valence-electron chi connectivity index (χ0n) is 8.05. The first-order chi connectivity index (χ1) is 5.29. The fourth-order valence-electron chi connectivity index (χ4n) is 0. The predicted molar refractivity (Wildman–Crippen MR) is 39.6 cm³/mol. The Bertz CT molecular complexity index is 172. The Labute approximate surface area is 120 Å². The Kier molecular flexibility index (Phi) is 14.6. The van der Waals surface area contributed by atoms with Crippen molar-refractivity contribution >= 4 is 11.9 Å². The van der Waals surface area contributed by atoms with E-state index in [2.05, 4.69) is 13.2 Å². The average molecular weight is 209 g/mol. The second kappa shape index (κ2) is 10.1. The normalized spacial score (nSPS) is 6.92. The smallest absolute Gasteiger partial charge is 0.545 e. The maximum absolute atomic E-state index is 9.49. The number of carboxylic acid groups (broad SMARTS) is 2. The molecule has 0 unspecified atom stereocenters. The van der Waals surface area contributed by atoms with Crippen LogP contribution < -0.4 is 61.6 Å². The van der Waals surface area contributed by atoms with Crippen molar-refractivity contribution in [2.45, 2.75) is 13.8 Å². The molecule has 0 bridgehead atoms. The molecule has 13 heavy (non-hydrogen) atoms. The van der Waals surface area contributed by atoms with Gasteiger partial charge in [0.25, 0.3) is 0 Å². The zero-order chi connectivity index (χ0) is 10.3. The number of carbonyl (C=O) groups excluding carboxylic acids is 2. The minimum atomic E-state index is -1.19. The van der Waals surface area contributed by atoms with E-state index in [-0.39, 0.29) is 62.5 Å². The molecule has 0 saturated carbocycles. The molecule has 0 N–H and O–H groups in total. The van der Waals surface area contributed by atoms with Crippen molar-refractivity contribution in [1.82, 2.24) is 0 Å². The van der Waals surface area contributed by atoms with E-state index in [0.29, 0.717) is 0 Å². The number of carboxylic acids is 2. The molecule has 0 amide bonds. The fourth-order valence-corrected chi connectivity index (χ4v) is 0. The van der Waals surface area contributed by atoms with Crippen molar-refractivity contribution < 1.29 is 71.2 Å². The quantitative estimate of drug-likeness (QED) is 0.340. The standard InChI is InChI=1S/2C4H6O2.K/c2*1-3(2)4(5)6;/h2*1H2,2H3,(H,5,6);/q;;+1/p-2. The summed E-state index contributed by atoms with van der Waals surface area (Å²) in [5.41, 5.74) is 0.130. The summed E-state index contributed by atoms with van der Waals surface area (Å²) < 4.78 is 0. The predicted octanol–water partition coefficient (Wildman–Crippen LogP) is -4.37. The number of hydrogen-bond donors (Lipinski definition) is 0. The molecule has 0 aromatic heterocycles. The van der Waals surface area contributed by atoms with Gasteiger partial charge in [-0.2, -0.15) is 0 Å². The first-order valence-electron chi connectivity index (χ1n) is 3.02. The van der Waals surface area contributed by atoms with Gasteiger partial charge in [0.15, 0.2) is 0 Å². The number of carbonyl (C=O) groups is 2. The summed E-state index contributed by atoms with van der Waals surface area (Å²) in [5, 5.41) is 19.0. The molecule has 0 aliphatic carbocycles. The van der Waals surface area contributed by atoms with Gasteiger partial charge in [-0.05, 0) is 25.0 Å². The number of rotatable bonds is 2. The van der Waals surface area contributed by atoms with Gasteiger partial charge in [-0.25, -0.2) is 0 Å². The molecule has 0 aromatic rings. The summed E-state index contributed by atoms with van der Waals surface area (Å²) in [6.07, 6.45) is 0. The molecule has 0 aliphatic heterocycles. The van der Waals surface area contributed by atoms with Crippen LogP contribution in [0.4, 0.5) is 0 Å². The molecule has 0 atom stereocenters. The van der Waals surface area contributed by atoms with E-state index >= 15 is 0 Å². The van der Waals surface area contributed by atoms with Crippen molar-refractivity contribution in [3.63, 3.8) is 0 Å². The number of hydrogen-bond acceptors (Lipinski definition) is 4. The van der Waals surface area contributed by atoms with Crippen LogP contribution in [-0.4, -0.2) is 11.9 Å². The van der Waals surface area contributed by atoms with Crippen molar-refractivity contribution in [3.8, 4) is 0 Å². The number of aliphatic carboxylic acids is 2. The Balaban J connectivity index is -0.000000143. The summed E-state index contributed by atoms with van der Waals surface area (Å²) in [6.45, 7) is 8.95. The Hall–Kier alpha value is 0.0564. The minimum Gasteiger partial charge on any atom is -0.545 e. The second-order valence-electron chi connectivity index (χ2n) is 2.14. The molecule has 0 heterocycles. The minimum absolute atomic E-state index is 0. The summed E-state index contributed by atoms with van der Waals surface area (Å²) in [6, 6.07) is 0. The Morgan fingerprint density at radius 3 is 1.00 bits per heavy atom. The second-order valence-corrected chi connectivity index (χ2v) is 2.14. The van der Waals surface area contributed by atoms with Crippen LogP contribution in [0.2, 0.25) is 0 Å². The van der Waals surface area contributed by atoms with E-state index in [4.69, 9.17) is 0 Å². The fraction of sp³-hybridized carbons (Fsp3) is 0.250. The largest absolute Gasteiger partial charge is 1.00 e. The van der Waals surface area contributed by atoms with E-state index in [0.717, 1.165) is 0 Å². The van der Waals surface area contributed by atoms with Gasteiger partial charge in [-0.1, -0.05) is 13.2 Å². The van der Waals surface area contributed by atoms with Crippen LogP contribution in [0.1, 0.15) is 13.8 Å². The molecule has 68 valence electrons. The summed E-state index contributed by atoms with van der Waals surface area (Å²) in [4.78, 5) is 19.0. The molecule has 5 heteroatoms. The molecule has 0 rings (SSSR count). The van der Waals surface area contributed by atoms with Gasteiger partial charge in [0, 0.05) is 0 Å². The van der Waals surface area contributed by atoms with Crippen LogP contribution in [-0.2, 0) is 9.59 Å². The van der Waals surface area contributed by atoms with E-state index in [1.54, 1.807) is 0 Å². The molecule has 0 spiro atoms. The maximum Gasteiger partial charge on any atom is 1.00 e. The third-order valence-corrected chi connectivity index (χ3v) is 0.697. The van der Waals surface area contributed by atoms with E-state index in [1.807, 2.05) is 0 Å². The van der Waals surface area contributed by atoms with Gasteiger partial charge in [0.1, 0.15) is 0 Å². The van der Waals surface area contributed by atoms with Crippen LogP contribution >= 0.6 is 0 Å². The molecule has 0 aliphatic rings. The van der Waals surface area contributed by atoms with Crippen LogP contribution in [0.15, 0.2) is 24.3 Å². The Morgan fingerprint density at radius 2 is 1.00 bits per heavy atom. The van der Waals surface area contributed by atoms with Crippen LogP contribution in [0, 0.1) is 0 Å². The SMILES string of the molecule is C=C(C)C(=O)[O-].C=C(C)C(=O)[O-].[K+]. The topological polar surface area (TPSA) is 80.3 Å². The summed E-state index contributed by atoms with van der Waals surface area (Å²) in [5.74, 6) is -2.37. The molecule has 0 saturated heterocycles. The third kappa shape index (κ3) is 18.8. The van der Waals surface area contributed by atoms with Gasteiger partial charge >= 0.3 is 51.4 Å². The van der Waals surface area contributed by atoms with Gasteiger partial charge in [0.2, 0.25) is 0 Å². The average Bonchev–Trinajstić information content (AvgIpc) is 1.88. The monoisotopic (exact) mass is 209 g/mol. The van der Waals surface area contributed by atoms with Crippen molar-refractivity contribution in [2.75, 3.05) is 0 Å². The summed E-state index contributed by atoms with van der Waals surface area (Å²) >= 11 is 0. The van der Waals surface area contributed by atoms with Crippen molar-refractivity contribution in [1.29, 1.82) is 0 Å². The molecule has 0 aromatic carbocycles. The van der Waals surface area contributed by atoms with Gasteiger partial charge in [-0.15, -0.1) is 0 Å². The first kappa shape index (κ1) is 18.8. The molecular formula is C8H10KO4-. The summed E-state index contributed by atoms with van der Waals surface area (Å²) in [7, 11) is 0. The van der Waals surface area contributed by atoms with Crippen LogP contribution in [0.25, 0.3) is 0 Å². The van der Waals surface area contributed by atoms with E-state index in [1.165, 1.54) is 13.8 Å². The van der Waals surface area contributed by atoms with Crippen molar-refractivity contribution in [2.24, 2.45) is 0 Å². The molecular weight excluding hydrogens is 199 g/mol. The first-order valence-corrected chi connectivity index (χ1v) is 3.02. The van der Waals surface area contributed by atoms with Gasteiger partial charge in [0.05, 0.1) is 11.9 Å². The van der Waals surface area contributed by atoms with Gasteiger partial charge < -0.3 is 19.8 Å². The third-order valence-electron chi connectivity index (χ3n) is 0.697. The molecule has 0 fully saturated rings. The zero-order valence-corrected chi connectivity index (χ0v) is 11.2. The maximum atomic E-state index is 9.49. The van der Waals surface area contributed by atoms with E-state index in [9.17, 15) is 19.8 Å².